The maximum Gasteiger partial charge on any atom is 0.418 e. The van der Waals surface area contributed by atoms with E-state index in [2.05, 4.69) is 20.8 Å². The van der Waals surface area contributed by atoms with E-state index in [1.807, 2.05) is 12.1 Å². The molecule has 0 aliphatic carbocycles. The van der Waals surface area contributed by atoms with Crippen molar-refractivity contribution in [1.82, 2.24) is 0 Å². The number of hydrogen-bond acceptors (Lipinski definition) is 2. The normalized spacial score (nSPS) is 14.2. The fraction of sp³-hybridized carbons (Fsp3) is 0.375. The zero-order chi connectivity index (χ0) is 15.8. The zero-order valence-electron chi connectivity index (χ0n) is 12.0. The topological polar surface area (TPSA) is 20.2 Å². The van der Waals surface area contributed by atoms with Gasteiger partial charge in [0.2, 0.25) is 0 Å². The number of alkyl halides is 3. The largest absolute Gasteiger partial charge is 0.418 e. The maximum atomic E-state index is 12.8. The van der Waals surface area contributed by atoms with Crippen LogP contribution in [0, 0.1) is 0 Å². The van der Waals surface area contributed by atoms with Gasteiger partial charge in [-0.1, -0.05) is 45.0 Å². The van der Waals surface area contributed by atoms with E-state index >= 15 is 0 Å². The first-order valence-corrected chi connectivity index (χ1v) is 7.37. The number of rotatable bonds is 2. The number of benzene rings is 1. The lowest BCUT2D eigenvalue weighted by Gasteiger charge is -2.18. The standard InChI is InChI=1S/C16H17F3OS/c1-15(2,3)13-9-8-12(21-13)10-6-4-5-7-11(10)14(20)16(17,18)19/h4-9,14,20H,1-3H3. The predicted molar refractivity (Wildman–Crippen MR) is 79.5 cm³/mol. The van der Waals surface area contributed by atoms with Crippen LogP contribution in [0.25, 0.3) is 10.4 Å². The summed E-state index contributed by atoms with van der Waals surface area (Å²) in [5.41, 5.74) is 0.274. The molecule has 1 unspecified atom stereocenters. The van der Waals surface area contributed by atoms with Crippen LogP contribution in [0.5, 0.6) is 0 Å². The first-order chi connectivity index (χ1) is 9.60. The first kappa shape index (κ1) is 16.0. The third kappa shape index (κ3) is 3.47. The molecule has 0 bridgehead atoms. The Balaban J connectivity index is 2.48. The quantitative estimate of drug-likeness (QED) is 0.796. The predicted octanol–water partition coefficient (Wildman–Crippen LogP) is 5.31. The van der Waals surface area contributed by atoms with Crippen LogP contribution in [0.15, 0.2) is 36.4 Å². The molecule has 21 heavy (non-hydrogen) atoms. The zero-order valence-corrected chi connectivity index (χ0v) is 12.8. The second-order valence-corrected chi connectivity index (χ2v) is 7.03. The summed E-state index contributed by atoms with van der Waals surface area (Å²) in [6, 6.07) is 9.86. The summed E-state index contributed by atoms with van der Waals surface area (Å²) in [4.78, 5) is 1.83. The molecule has 2 rings (SSSR count). The van der Waals surface area contributed by atoms with Crippen molar-refractivity contribution >= 4 is 11.3 Å². The third-order valence-electron chi connectivity index (χ3n) is 3.18. The summed E-state index contributed by atoms with van der Waals surface area (Å²) in [5, 5.41) is 9.55. The van der Waals surface area contributed by atoms with Crippen molar-refractivity contribution in [2.45, 2.75) is 38.5 Å². The number of aliphatic hydroxyl groups is 1. The molecule has 0 aliphatic heterocycles. The van der Waals surface area contributed by atoms with Gasteiger partial charge in [-0.3, -0.25) is 0 Å². The highest BCUT2D eigenvalue weighted by Crippen LogP contribution is 2.41. The lowest BCUT2D eigenvalue weighted by atomic mass is 9.95. The monoisotopic (exact) mass is 314 g/mol. The first-order valence-electron chi connectivity index (χ1n) is 6.55. The summed E-state index contributed by atoms with van der Waals surface area (Å²) in [6.45, 7) is 6.16. The molecule has 1 aromatic heterocycles. The maximum absolute atomic E-state index is 12.8. The van der Waals surface area contributed by atoms with Gasteiger partial charge in [0.1, 0.15) is 0 Å². The van der Waals surface area contributed by atoms with Gasteiger partial charge < -0.3 is 5.11 Å². The molecule has 1 N–H and O–H groups in total. The number of hydrogen-bond donors (Lipinski definition) is 1. The highest BCUT2D eigenvalue weighted by molar-refractivity contribution is 7.15. The van der Waals surface area contributed by atoms with Crippen molar-refractivity contribution in [3.05, 3.63) is 46.8 Å². The second-order valence-electron chi connectivity index (χ2n) is 5.95. The Labute approximate surface area is 126 Å². The molecule has 1 nitrogen and oxygen atoms in total. The molecule has 114 valence electrons. The Bertz CT molecular complexity index is 623. The highest BCUT2D eigenvalue weighted by Gasteiger charge is 2.40. The van der Waals surface area contributed by atoms with Crippen LogP contribution in [0.2, 0.25) is 0 Å². The van der Waals surface area contributed by atoms with Crippen LogP contribution >= 0.6 is 11.3 Å². The summed E-state index contributed by atoms with van der Waals surface area (Å²) in [7, 11) is 0. The van der Waals surface area contributed by atoms with Gasteiger partial charge >= 0.3 is 6.18 Å². The van der Waals surface area contributed by atoms with Crippen LogP contribution in [0.3, 0.4) is 0 Å². The van der Waals surface area contributed by atoms with Crippen LogP contribution in [-0.2, 0) is 5.41 Å². The van der Waals surface area contributed by atoms with Gasteiger partial charge in [0, 0.05) is 9.75 Å². The van der Waals surface area contributed by atoms with E-state index in [1.54, 1.807) is 12.1 Å². The Kier molecular flexibility index (Phi) is 4.17. The van der Waals surface area contributed by atoms with Gasteiger partial charge in [0.05, 0.1) is 0 Å². The molecule has 0 saturated heterocycles. The van der Waals surface area contributed by atoms with Crippen LogP contribution in [0.4, 0.5) is 13.2 Å². The Morgan fingerprint density at radius 2 is 1.62 bits per heavy atom. The van der Waals surface area contributed by atoms with Gasteiger partial charge in [0.15, 0.2) is 6.10 Å². The number of thiophene rings is 1. The minimum Gasteiger partial charge on any atom is -0.379 e. The van der Waals surface area contributed by atoms with Gasteiger partial charge in [0.25, 0.3) is 0 Å². The smallest absolute Gasteiger partial charge is 0.379 e. The van der Waals surface area contributed by atoms with Gasteiger partial charge in [-0.15, -0.1) is 11.3 Å². The minimum absolute atomic E-state index is 0.0551. The van der Waals surface area contributed by atoms with E-state index in [9.17, 15) is 18.3 Å². The van der Waals surface area contributed by atoms with E-state index in [4.69, 9.17) is 0 Å². The highest BCUT2D eigenvalue weighted by atomic mass is 32.1. The van der Waals surface area contributed by atoms with Crippen molar-refractivity contribution in [3.63, 3.8) is 0 Å². The van der Waals surface area contributed by atoms with Gasteiger partial charge in [-0.2, -0.15) is 13.2 Å². The van der Waals surface area contributed by atoms with Crippen LogP contribution < -0.4 is 0 Å². The Morgan fingerprint density at radius 3 is 2.14 bits per heavy atom. The Hall–Kier alpha value is -1.33. The molecule has 0 saturated carbocycles. The van der Waals surface area contributed by atoms with E-state index in [1.165, 1.54) is 23.5 Å². The molecular formula is C16H17F3OS. The SMILES string of the molecule is CC(C)(C)c1ccc(-c2ccccc2C(O)C(F)(F)F)s1. The third-order valence-corrected chi connectivity index (χ3v) is 4.72. The average molecular weight is 314 g/mol. The summed E-state index contributed by atoms with van der Waals surface area (Å²) >= 11 is 1.46. The molecule has 0 radical (unpaired) electrons. The minimum atomic E-state index is -4.67. The van der Waals surface area contributed by atoms with E-state index in [-0.39, 0.29) is 11.0 Å². The molecule has 0 fully saturated rings. The lowest BCUT2D eigenvalue weighted by Crippen LogP contribution is -2.20. The fourth-order valence-corrected chi connectivity index (χ4v) is 3.13. The number of halogens is 3. The van der Waals surface area contributed by atoms with Crippen molar-refractivity contribution in [2.24, 2.45) is 0 Å². The van der Waals surface area contributed by atoms with Crippen LogP contribution in [-0.4, -0.2) is 11.3 Å². The molecular weight excluding hydrogens is 297 g/mol. The fourth-order valence-electron chi connectivity index (χ4n) is 2.02. The molecule has 0 aliphatic rings. The van der Waals surface area contributed by atoms with Gasteiger partial charge in [-0.05, 0) is 28.7 Å². The summed E-state index contributed by atoms with van der Waals surface area (Å²) in [5.74, 6) is 0. The van der Waals surface area contributed by atoms with Crippen molar-refractivity contribution in [2.75, 3.05) is 0 Å². The molecule has 2 aromatic rings. The lowest BCUT2D eigenvalue weighted by molar-refractivity contribution is -0.206. The molecule has 1 aromatic carbocycles. The van der Waals surface area contributed by atoms with E-state index < -0.39 is 12.3 Å². The van der Waals surface area contributed by atoms with E-state index in [0.717, 1.165) is 9.75 Å². The Morgan fingerprint density at radius 1 is 1.00 bits per heavy atom. The van der Waals surface area contributed by atoms with Crippen LogP contribution in [0.1, 0.15) is 37.3 Å². The second kappa shape index (κ2) is 5.46. The molecule has 5 heteroatoms. The molecule has 1 atom stereocenters. The molecule has 0 spiro atoms. The van der Waals surface area contributed by atoms with Crippen molar-refractivity contribution in [3.8, 4) is 10.4 Å². The van der Waals surface area contributed by atoms with Crippen molar-refractivity contribution < 1.29 is 18.3 Å². The summed E-state index contributed by atoms with van der Waals surface area (Å²) < 4.78 is 38.3. The average Bonchev–Trinajstić information content (AvgIpc) is 2.86. The van der Waals surface area contributed by atoms with Gasteiger partial charge in [-0.25, -0.2) is 0 Å². The molecule has 1 heterocycles. The van der Waals surface area contributed by atoms with Crippen molar-refractivity contribution in [1.29, 1.82) is 0 Å². The van der Waals surface area contributed by atoms with E-state index in [0.29, 0.717) is 5.56 Å². The summed E-state index contributed by atoms with van der Waals surface area (Å²) in [6.07, 6.45) is -7.13. The number of aliphatic hydroxyl groups excluding tert-OH is 1. The molecule has 0 amide bonds.